The molecule has 2 saturated heterocycles. The number of hydrogen-bond acceptors (Lipinski definition) is 4. The highest BCUT2D eigenvalue weighted by Crippen LogP contribution is 2.43. The summed E-state index contributed by atoms with van der Waals surface area (Å²) in [4.78, 5) is 15.0. The van der Waals surface area contributed by atoms with Crippen LogP contribution in [-0.2, 0) is 10.2 Å². The Kier molecular flexibility index (Phi) is 3.95. The normalized spacial score (nSPS) is 25.9. The average molecular weight is 363 g/mol. The summed E-state index contributed by atoms with van der Waals surface area (Å²) < 4.78 is 5.70. The van der Waals surface area contributed by atoms with Crippen LogP contribution in [0.25, 0.3) is 6.08 Å². The Hall–Kier alpha value is -2.37. The lowest BCUT2D eigenvalue weighted by atomic mass is 9.74. The maximum absolute atomic E-state index is 13.0. The molecule has 1 aliphatic carbocycles. The van der Waals surface area contributed by atoms with E-state index in [1.54, 1.807) is 0 Å². The minimum absolute atomic E-state index is 0.0495. The number of nitrogens with one attached hydrogen (secondary N) is 2. The summed E-state index contributed by atoms with van der Waals surface area (Å²) in [6.45, 7) is 3.55. The fraction of sp³-hybridized carbons (Fsp3) is 0.409. The second-order valence-corrected chi connectivity index (χ2v) is 7.98. The molecule has 5 nitrogen and oxygen atoms in total. The maximum Gasteiger partial charge on any atom is 0.241 e. The first-order valence-corrected chi connectivity index (χ1v) is 9.80. The molecule has 0 radical (unpaired) electrons. The lowest BCUT2D eigenvalue weighted by molar-refractivity contribution is -0.134. The van der Waals surface area contributed by atoms with Crippen LogP contribution in [0.3, 0.4) is 0 Å². The fourth-order valence-electron chi connectivity index (χ4n) is 4.76. The second-order valence-electron chi connectivity index (χ2n) is 7.98. The van der Waals surface area contributed by atoms with Crippen molar-refractivity contribution >= 4 is 12.0 Å². The Morgan fingerprint density at radius 1 is 1.15 bits per heavy atom. The SMILES string of the molecule is Cc1ccc(C2CC(C(=O)N3CCC4(C=Cc5ccccc54)CC3)NN2)o1. The Morgan fingerprint density at radius 2 is 1.96 bits per heavy atom. The van der Waals surface area contributed by atoms with Crippen molar-refractivity contribution in [2.24, 2.45) is 0 Å². The summed E-state index contributed by atoms with van der Waals surface area (Å²) in [5.74, 6) is 1.98. The lowest BCUT2D eigenvalue weighted by Gasteiger charge is -2.40. The van der Waals surface area contributed by atoms with Gasteiger partial charge in [0.05, 0.1) is 6.04 Å². The van der Waals surface area contributed by atoms with Crippen LogP contribution >= 0.6 is 0 Å². The number of hydrazine groups is 1. The number of amides is 1. The third-order valence-electron chi connectivity index (χ3n) is 6.35. The third kappa shape index (κ3) is 2.82. The van der Waals surface area contributed by atoms with Crippen LogP contribution in [0.2, 0.25) is 0 Å². The van der Waals surface area contributed by atoms with Gasteiger partial charge in [-0.2, -0.15) is 0 Å². The third-order valence-corrected chi connectivity index (χ3v) is 6.35. The van der Waals surface area contributed by atoms with Gasteiger partial charge in [0.2, 0.25) is 5.91 Å². The number of aryl methyl sites for hydroxylation is 1. The molecule has 27 heavy (non-hydrogen) atoms. The molecule has 0 saturated carbocycles. The molecule has 3 aliphatic rings. The zero-order valence-electron chi connectivity index (χ0n) is 15.6. The van der Waals surface area contributed by atoms with Gasteiger partial charge >= 0.3 is 0 Å². The van der Waals surface area contributed by atoms with Crippen LogP contribution < -0.4 is 10.9 Å². The van der Waals surface area contributed by atoms with Crippen LogP contribution in [0.5, 0.6) is 0 Å². The Morgan fingerprint density at radius 3 is 2.74 bits per heavy atom. The summed E-state index contributed by atoms with van der Waals surface area (Å²) in [5.41, 5.74) is 9.25. The topological polar surface area (TPSA) is 57.5 Å². The van der Waals surface area contributed by atoms with E-state index in [-0.39, 0.29) is 23.4 Å². The molecule has 2 aromatic rings. The number of hydrogen-bond donors (Lipinski definition) is 2. The molecule has 1 amide bonds. The number of allylic oxidation sites excluding steroid dienone is 1. The number of rotatable bonds is 2. The van der Waals surface area contributed by atoms with Gasteiger partial charge in [-0.15, -0.1) is 0 Å². The molecule has 1 spiro atoms. The van der Waals surface area contributed by atoms with Crippen molar-refractivity contribution < 1.29 is 9.21 Å². The zero-order valence-corrected chi connectivity index (χ0v) is 15.6. The molecule has 1 aromatic heterocycles. The number of furan rings is 1. The summed E-state index contributed by atoms with van der Waals surface area (Å²) in [6.07, 6.45) is 7.30. The lowest BCUT2D eigenvalue weighted by Crippen LogP contribution is -2.50. The first-order valence-electron chi connectivity index (χ1n) is 9.80. The van der Waals surface area contributed by atoms with Gasteiger partial charge in [0.1, 0.15) is 17.6 Å². The van der Waals surface area contributed by atoms with Crippen molar-refractivity contribution in [2.45, 2.75) is 43.7 Å². The van der Waals surface area contributed by atoms with Gasteiger partial charge in [0, 0.05) is 18.5 Å². The molecule has 2 N–H and O–H groups in total. The molecule has 2 aliphatic heterocycles. The minimum Gasteiger partial charge on any atom is -0.465 e. The predicted octanol–water partition coefficient (Wildman–Crippen LogP) is 3.08. The van der Waals surface area contributed by atoms with Crippen molar-refractivity contribution in [1.82, 2.24) is 15.8 Å². The molecule has 5 heteroatoms. The van der Waals surface area contributed by atoms with Crippen LogP contribution in [-0.4, -0.2) is 29.9 Å². The van der Waals surface area contributed by atoms with Crippen LogP contribution in [0.1, 0.15) is 48.0 Å². The molecule has 2 unspecified atom stereocenters. The van der Waals surface area contributed by atoms with E-state index in [1.165, 1.54) is 11.1 Å². The summed E-state index contributed by atoms with van der Waals surface area (Å²) in [7, 11) is 0. The van der Waals surface area contributed by atoms with Crippen molar-refractivity contribution in [3.05, 3.63) is 65.1 Å². The second kappa shape index (κ2) is 6.36. The summed E-state index contributed by atoms with van der Waals surface area (Å²) >= 11 is 0. The van der Waals surface area contributed by atoms with Crippen LogP contribution in [0.15, 0.2) is 46.9 Å². The predicted molar refractivity (Wildman–Crippen MR) is 104 cm³/mol. The van der Waals surface area contributed by atoms with Crippen molar-refractivity contribution in [3.8, 4) is 0 Å². The van der Waals surface area contributed by atoms with E-state index in [0.29, 0.717) is 0 Å². The largest absolute Gasteiger partial charge is 0.465 e. The number of fused-ring (bicyclic) bond motifs is 2. The van der Waals surface area contributed by atoms with E-state index >= 15 is 0 Å². The summed E-state index contributed by atoms with van der Waals surface area (Å²) in [5, 5.41) is 0. The fourth-order valence-corrected chi connectivity index (χ4v) is 4.76. The smallest absolute Gasteiger partial charge is 0.241 e. The highest BCUT2D eigenvalue weighted by molar-refractivity contribution is 5.82. The quantitative estimate of drug-likeness (QED) is 0.861. The number of piperidine rings is 1. The average Bonchev–Trinajstić information content (AvgIpc) is 3.42. The van der Waals surface area contributed by atoms with E-state index in [1.807, 2.05) is 24.0 Å². The molecule has 2 fully saturated rings. The number of carbonyl (C=O) groups excluding carboxylic acids is 1. The van der Waals surface area contributed by atoms with Gasteiger partial charge in [-0.1, -0.05) is 36.4 Å². The maximum atomic E-state index is 13.0. The zero-order chi connectivity index (χ0) is 18.4. The first-order chi connectivity index (χ1) is 13.1. The molecule has 3 heterocycles. The van der Waals surface area contributed by atoms with Crippen molar-refractivity contribution in [1.29, 1.82) is 0 Å². The minimum atomic E-state index is -0.194. The molecule has 1 aromatic carbocycles. The number of carbonyl (C=O) groups is 1. The highest BCUT2D eigenvalue weighted by atomic mass is 16.3. The molecular weight excluding hydrogens is 338 g/mol. The monoisotopic (exact) mass is 363 g/mol. The van der Waals surface area contributed by atoms with Gasteiger partial charge in [-0.05, 0) is 49.4 Å². The standard InChI is InChI=1S/C22H25N3O2/c1-15-6-7-20(27-15)18-14-19(24-23-18)21(26)25-12-10-22(11-13-25)9-8-16-4-2-3-5-17(16)22/h2-9,18-19,23-24H,10-14H2,1H3. The van der Waals surface area contributed by atoms with E-state index in [4.69, 9.17) is 4.42 Å². The number of likely N-dealkylation sites (tertiary alicyclic amines) is 1. The van der Waals surface area contributed by atoms with E-state index in [9.17, 15) is 4.79 Å². The molecule has 5 rings (SSSR count). The van der Waals surface area contributed by atoms with Gasteiger partial charge < -0.3 is 9.32 Å². The van der Waals surface area contributed by atoms with Crippen LogP contribution in [0, 0.1) is 6.92 Å². The molecule has 140 valence electrons. The van der Waals surface area contributed by atoms with Gasteiger partial charge in [0.25, 0.3) is 0 Å². The Balaban J connectivity index is 1.23. The Labute approximate surface area is 159 Å². The number of nitrogens with zero attached hydrogens (tertiary/aromatic N) is 1. The van der Waals surface area contributed by atoms with Crippen molar-refractivity contribution in [3.63, 3.8) is 0 Å². The Bertz CT molecular complexity index is 892. The number of benzene rings is 1. The highest BCUT2D eigenvalue weighted by Gasteiger charge is 2.41. The van der Waals surface area contributed by atoms with E-state index in [2.05, 4.69) is 47.3 Å². The van der Waals surface area contributed by atoms with Crippen LogP contribution in [0.4, 0.5) is 0 Å². The van der Waals surface area contributed by atoms with Crippen molar-refractivity contribution in [2.75, 3.05) is 13.1 Å². The molecule has 2 atom stereocenters. The first kappa shape index (κ1) is 16.8. The molecule has 0 bridgehead atoms. The van der Waals surface area contributed by atoms with Gasteiger partial charge in [-0.25, -0.2) is 10.9 Å². The molecular formula is C22H25N3O2. The van der Waals surface area contributed by atoms with E-state index < -0.39 is 0 Å². The van der Waals surface area contributed by atoms with Gasteiger partial charge in [0.15, 0.2) is 0 Å². The summed E-state index contributed by atoms with van der Waals surface area (Å²) in [6, 6.07) is 12.4. The van der Waals surface area contributed by atoms with Gasteiger partial charge in [-0.3, -0.25) is 4.79 Å². The van der Waals surface area contributed by atoms with E-state index in [0.717, 1.165) is 43.9 Å².